The summed E-state index contributed by atoms with van der Waals surface area (Å²) in [7, 11) is 0. The third-order valence-electron chi connectivity index (χ3n) is 5.19. The molecule has 154 valence electrons. The summed E-state index contributed by atoms with van der Waals surface area (Å²) in [4.78, 5) is 8.95. The minimum absolute atomic E-state index is 0.419. The number of rotatable bonds is 7. The molecule has 0 radical (unpaired) electrons. The van der Waals surface area contributed by atoms with Gasteiger partial charge in [-0.05, 0) is 31.5 Å². The standard InChI is InChI=1S/C21H22FN7O/c22-14-28-12-15(10-26-28)19-11-25-21-20(24-7-8-29(19)21)27-16-3-1-5-18(9-16)30-13-17-4-2-6-23-17/h1,3,5,7-12,17,23H,2,4,6,13-14H2,(H,24,27). The first-order valence-corrected chi connectivity index (χ1v) is 9.94. The minimum atomic E-state index is -0.666. The number of aromatic nitrogens is 5. The number of hydrogen-bond donors (Lipinski definition) is 2. The third-order valence-corrected chi connectivity index (χ3v) is 5.19. The van der Waals surface area contributed by atoms with Gasteiger partial charge in [-0.15, -0.1) is 0 Å². The molecular formula is C21H22FN7O. The molecule has 1 unspecified atom stereocenters. The summed E-state index contributed by atoms with van der Waals surface area (Å²) in [5.74, 6) is 1.43. The fourth-order valence-corrected chi connectivity index (χ4v) is 3.68. The number of nitrogens with one attached hydrogen (secondary N) is 2. The van der Waals surface area contributed by atoms with Crippen LogP contribution in [0.2, 0.25) is 0 Å². The molecule has 30 heavy (non-hydrogen) atoms. The molecule has 3 aromatic heterocycles. The summed E-state index contributed by atoms with van der Waals surface area (Å²) >= 11 is 0. The van der Waals surface area contributed by atoms with Crippen LogP contribution in [-0.4, -0.2) is 43.3 Å². The molecule has 0 aliphatic carbocycles. The number of nitrogens with zero attached hydrogens (tertiary/aromatic N) is 5. The third kappa shape index (κ3) is 3.71. The second-order valence-electron chi connectivity index (χ2n) is 7.26. The molecule has 0 spiro atoms. The normalized spacial score (nSPS) is 16.2. The van der Waals surface area contributed by atoms with Crippen LogP contribution in [0.15, 0.2) is 55.2 Å². The SMILES string of the molecule is FCn1cc(-c2cnc3c(Nc4cccc(OCC5CCCN5)c4)nccn23)cn1. The molecule has 1 saturated heterocycles. The van der Waals surface area contributed by atoms with Gasteiger partial charge in [-0.2, -0.15) is 5.10 Å². The van der Waals surface area contributed by atoms with Crippen LogP contribution in [0.1, 0.15) is 12.8 Å². The molecule has 1 aliphatic rings. The van der Waals surface area contributed by atoms with Crippen molar-refractivity contribution in [1.82, 2.24) is 29.5 Å². The smallest absolute Gasteiger partial charge is 0.181 e. The number of anilines is 2. The van der Waals surface area contributed by atoms with Gasteiger partial charge in [0.15, 0.2) is 18.3 Å². The zero-order chi connectivity index (χ0) is 20.3. The number of hydrogen-bond acceptors (Lipinski definition) is 6. The van der Waals surface area contributed by atoms with Crippen LogP contribution in [-0.2, 0) is 6.80 Å². The maximum Gasteiger partial charge on any atom is 0.181 e. The Morgan fingerprint density at radius 2 is 2.23 bits per heavy atom. The van der Waals surface area contributed by atoms with E-state index in [0.717, 1.165) is 35.7 Å². The van der Waals surface area contributed by atoms with Crippen molar-refractivity contribution in [2.24, 2.45) is 0 Å². The summed E-state index contributed by atoms with van der Waals surface area (Å²) in [5.41, 5.74) is 3.13. The van der Waals surface area contributed by atoms with Gasteiger partial charge in [-0.25, -0.2) is 19.0 Å². The predicted octanol–water partition coefficient (Wildman–Crippen LogP) is 3.39. The molecule has 1 aromatic carbocycles. The monoisotopic (exact) mass is 407 g/mol. The van der Waals surface area contributed by atoms with Crippen LogP contribution in [0.25, 0.3) is 16.9 Å². The first kappa shape index (κ1) is 18.6. The lowest BCUT2D eigenvalue weighted by molar-refractivity contribution is 0.277. The minimum Gasteiger partial charge on any atom is -0.492 e. The van der Waals surface area contributed by atoms with Crippen LogP contribution >= 0.6 is 0 Å². The van der Waals surface area contributed by atoms with Crippen molar-refractivity contribution in [3.8, 4) is 17.0 Å². The van der Waals surface area contributed by atoms with E-state index in [9.17, 15) is 4.39 Å². The first-order valence-electron chi connectivity index (χ1n) is 9.94. The van der Waals surface area contributed by atoms with Crippen molar-refractivity contribution in [1.29, 1.82) is 0 Å². The zero-order valence-electron chi connectivity index (χ0n) is 16.3. The van der Waals surface area contributed by atoms with Gasteiger partial charge >= 0.3 is 0 Å². The highest BCUT2D eigenvalue weighted by atomic mass is 19.1. The molecule has 0 saturated carbocycles. The molecule has 8 nitrogen and oxygen atoms in total. The average molecular weight is 407 g/mol. The number of ether oxygens (including phenoxy) is 1. The Morgan fingerprint density at radius 3 is 3.07 bits per heavy atom. The van der Waals surface area contributed by atoms with Crippen molar-refractivity contribution in [2.75, 3.05) is 18.5 Å². The van der Waals surface area contributed by atoms with Gasteiger partial charge < -0.3 is 15.4 Å². The van der Waals surface area contributed by atoms with Gasteiger partial charge in [0.25, 0.3) is 0 Å². The van der Waals surface area contributed by atoms with Gasteiger partial charge in [0, 0.05) is 41.9 Å². The molecule has 4 heterocycles. The zero-order valence-corrected chi connectivity index (χ0v) is 16.3. The summed E-state index contributed by atoms with van der Waals surface area (Å²) in [6.45, 7) is 1.06. The summed E-state index contributed by atoms with van der Waals surface area (Å²) in [6.07, 6.45) is 10.9. The molecule has 1 fully saturated rings. The van der Waals surface area contributed by atoms with E-state index in [0.29, 0.717) is 24.1 Å². The van der Waals surface area contributed by atoms with Crippen LogP contribution in [0.4, 0.5) is 15.9 Å². The second kappa shape index (κ2) is 8.11. The Hall–Kier alpha value is -3.46. The highest BCUT2D eigenvalue weighted by Gasteiger charge is 2.15. The maximum absolute atomic E-state index is 12.8. The highest BCUT2D eigenvalue weighted by Crippen LogP contribution is 2.26. The molecule has 5 rings (SSSR count). The van der Waals surface area contributed by atoms with Crippen molar-refractivity contribution >= 4 is 17.2 Å². The highest BCUT2D eigenvalue weighted by molar-refractivity contribution is 5.74. The van der Waals surface area contributed by atoms with Crippen molar-refractivity contribution < 1.29 is 9.13 Å². The first-order chi connectivity index (χ1) is 14.8. The van der Waals surface area contributed by atoms with Gasteiger partial charge in [0.05, 0.1) is 18.1 Å². The van der Waals surface area contributed by atoms with Crippen LogP contribution in [0, 0.1) is 0 Å². The largest absolute Gasteiger partial charge is 0.492 e. The number of fused-ring (bicyclic) bond motifs is 1. The van der Waals surface area contributed by atoms with Crippen LogP contribution in [0.5, 0.6) is 5.75 Å². The number of alkyl halides is 1. The topological polar surface area (TPSA) is 81.3 Å². The van der Waals surface area contributed by atoms with E-state index in [1.54, 1.807) is 24.8 Å². The van der Waals surface area contributed by atoms with Gasteiger partial charge in [0.1, 0.15) is 12.4 Å². The predicted molar refractivity (Wildman–Crippen MR) is 112 cm³/mol. The van der Waals surface area contributed by atoms with E-state index in [2.05, 4.69) is 25.7 Å². The fourth-order valence-electron chi connectivity index (χ4n) is 3.68. The number of benzene rings is 1. The summed E-state index contributed by atoms with van der Waals surface area (Å²) in [6, 6.07) is 8.23. The molecule has 0 bridgehead atoms. The molecule has 1 atom stereocenters. The van der Waals surface area contributed by atoms with E-state index in [1.807, 2.05) is 34.9 Å². The lowest BCUT2D eigenvalue weighted by Crippen LogP contribution is -2.28. The quantitative estimate of drug-likeness (QED) is 0.489. The van der Waals surface area contributed by atoms with E-state index >= 15 is 0 Å². The van der Waals surface area contributed by atoms with Crippen LogP contribution < -0.4 is 15.4 Å². The summed E-state index contributed by atoms with van der Waals surface area (Å²) in [5, 5.41) is 10.8. The molecule has 9 heteroatoms. The van der Waals surface area contributed by atoms with Crippen molar-refractivity contribution in [3.05, 3.63) is 55.2 Å². The van der Waals surface area contributed by atoms with E-state index < -0.39 is 6.80 Å². The lowest BCUT2D eigenvalue weighted by atomic mass is 10.2. The number of imidazole rings is 1. The Balaban J connectivity index is 1.37. The van der Waals surface area contributed by atoms with Gasteiger partial charge in [-0.3, -0.25) is 4.40 Å². The Kier molecular flexibility index (Phi) is 5.02. The van der Waals surface area contributed by atoms with E-state index in [1.165, 1.54) is 11.1 Å². The van der Waals surface area contributed by atoms with E-state index in [-0.39, 0.29) is 0 Å². The Morgan fingerprint density at radius 1 is 1.27 bits per heavy atom. The average Bonchev–Trinajstić information content (AvgIpc) is 3.53. The lowest BCUT2D eigenvalue weighted by Gasteiger charge is -2.13. The van der Waals surface area contributed by atoms with E-state index in [4.69, 9.17) is 4.74 Å². The molecular weight excluding hydrogens is 385 g/mol. The number of halogens is 1. The Labute approximate surface area is 172 Å². The molecule has 2 N–H and O–H groups in total. The van der Waals surface area contributed by atoms with Crippen LogP contribution in [0.3, 0.4) is 0 Å². The van der Waals surface area contributed by atoms with Gasteiger partial charge in [0.2, 0.25) is 0 Å². The molecule has 4 aromatic rings. The van der Waals surface area contributed by atoms with Crippen molar-refractivity contribution in [2.45, 2.75) is 25.7 Å². The molecule has 0 amide bonds. The summed E-state index contributed by atoms with van der Waals surface area (Å²) < 4.78 is 21.9. The second-order valence-corrected chi connectivity index (χ2v) is 7.26. The maximum atomic E-state index is 12.8. The molecule has 1 aliphatic heterocycles. The Bertz CT molecular complexity index is 1150. The van der Waals surface area contributed by atoms with Crippen molar-refractivity contribution in [3.63, 3.8) is 0 Å². The fraction of sp³-hybridized carbons (Fsp3) is 0.286. The van der Waals surface area contributed by atoms with Gasteiger partial charge in [-0.1, -0.05) is 6.07 Å².